The van der Waals surface area contributed by atoms with Crippen molar-refractivity contribution in [3.63, 3.8) is 0 Å². The molecule has 0 aliphatic carbocycles. The van der Waals surface area contributed by atoms with Crippen molar-refractivity contribution in [2.24, 2.45) is 7.05 Å². The Morgan fingerprint density at radius 1 is 1.17 bits per heavy atom. The van der Waals surface area contributed by atoms with Gasteiger partial charge in [-0.15, -0.1) is 0 Å². The van der Waals surface area contributed by atoms with E-state index in [1.165, 1.54) is 16.9 Å². The molecule has 0 radical (unpaired) electrons. The second-order valence-electron chi connectivity index (χ2n) is 6.70. The van der Waals surface area contributed by atoms with Gasteiger partial charge in [0.2, 0.25) is 0 Å². The van der Waals surface area contributed by atoms with Gasteiger partial charge in [-0.3, -0.25) is 14.5 Å². The first-order valence-electron chi connectivity index (χ1n) is 9.00. The van der Waals surface area contributed by atoms with Crippen LogP contribution in [0.5, 0.6) is 5.75 Å². The Balaban J connectivity index is 2.07. The van der Waals surface area contributed by atoms with Crippen molar-refractivity contribution in [3.8, 4) is 5.75 Å². The maximum Gasteiger partial charge on any atom is 0.325 e. The average Bonchev–Trinajstić information content (AvgIpc) is 3.09. The number of thiocarbonyl (C=S) groups is 1. The van der Waals surface area contributed by atoms with E-state index in [4.69, 9.17) is 21.7 Å². The molecular weight excluding hydrogens is 390 g/mol. The molecule has 7 nitrogen and oxygen atoms in total. The minimum Gasteiger partial charge on any atom is -0.497 e. The molecule has 29 heavy (non-hydrogen) atoms. The normalized spacial score (nSPS) is 15.4. The highest BCUT2D eigenvalue weighted by atomic mass is 32.1. The number of carbonyl (C=O) groups is 2. The first-order chi connectivity index (χ1) is 13.8. The standard InChI is InChI=1S/C21H23N3O4S/c1-13-10-15(14(2)22(13)3)11-18-20(26)24(16-6-8-17(27-4)9-7-16)21(29)23(18)12-19(25)28-5/h6-11H,12H2,1-5H3. The van der Waals surface area contributed by atoms with Crippen molar-refractivity contribution < 1.29 is 19.1 Å². The molecule has 0 saturated carbocycles. The van der Waals surface area contributed by atoms with E-state index in [0.29, 0.717) is 17.1 Å². The average molecular weight is 413 g/mol. The third-order valence-corrected chi connectivity index (χ3v) is 5.49. The third-order valence-electron chi connectivity index (χ3n) is 5.09. The summed E-state index contributed by atoms with van der Waals surface area (Å²) in [6.45, 7) is 3.82. The zero-order chi connectivity index (χ0) is 21.3. The van der Waals surface area contributed by atoms with Crippen molar-refractivity contribution >= 4 is 41.0 Å². The fourth-order valence-electron chi connectivity index (χ4n) is 3.16. The van der Waals surface area contributed by atoms with E-state index in [9.17, 15) is 9.59 Å². The van der Waals surface area contributed by atoms with E-state index in [0.717, 1.165) is 17.0 Å². The Morgan fingerprint density at radius 2 is 1.83 bits per heavy atom. The van der Waals surface area contributed by atoms with Crippen LogP contribution in [-0.4, -0.2) is 47.2 Å². The van der Waals surface area contributed by atoms with Crippen LogP contribution in [0.3, 0.4) is 0 Å². The highest BCUT2D eigenvalue weighted by molar-refractivity contribution is 7.80. The first kappa shape index (κ1) is 20.6. The van der Waals surface area contributed by atoms with E-state index in [1.807, 2.05) is 31.5 Å². The number of aromatic nitrogens is 1. The summed E-state index contributed by atoms with van der Waals surface area (Å²) in [5.74, 6) is -0.113. The topological polar surface area (TPSA) is 64.0 Å². The summed E-state index contributed by atoms with van der Waals surface area (Å²) in [4.78, 5) is 28.2. The van der Waals surface area contributed by atoms with Gasteiger partial charge in [0.1, 0.15) is 18.0 Å². The van der Waals surface area contributed by atoms with Crippen LogP contribution in [0, 0.1) is 13.8 Å². The molecule has 1 fully saturated rings. The number of anilines is 1. The van der Waals surface area contributed by atoms with Crippen LogP contribution in [0.4, 0.5) is 5.69 Å². The summed E-state index contributed by atoms with van der Waals surface area (Å²) in [5, 5.41) is 0.224. The van der Waals surface area contributed by atoms with Crippen molar-refractivity contribution in [2.45, 2.75) is 13.8 Å². The van der Waals surface area contributed by atoms with Gasteiger partial charge < -0.3 is 18.9 Å². The predicted molar refractivity (Wildman–Crippen MR) is 115 cm³/mol. The molecular formula is C21H23N3O4S. The number of esters is 1. The number of methoxy groups -OCH3 is 2. The number of amides is 1. The van der Waals surface area contributed by atoms with Crippen LogP contribution < -0.4 is 9.64 Å². The second-order valence-corrected chi connectivity index (χ2v) is 7.06. The highest BCUT2D eigenvalue weighted by Gasteiger charge is 2.40. The number of rotatable bonds is 5. The molecule has 0 N–H and O–H groups in total. The van der Waals surface area contributed by atoms with Crippen LogP contribution in [0.25, 0.3) is 6.08 Å². The lowest BCUT2D eigenvalue weighted by Gasteiger charge is -2.19. The van der Waals surface area contributed by atoms with E-state index in [-0.39, 0.29) is 17.6 Å². The lowest BCUT2D eigenvalue weighted by molar-refractivity contribution is -0.140. The fraction of sp³-hybridized carbons (Fsp3) is 0.286. The van der Waals surface area contributed by atoms with Gasteiger partial charge in [0.15, 0.2) is 5.11 Å². The fourth-order valence-corrected chi connectivity index (χ4v) is 3.51. The minimum atomic E-state index is -0.483. The maximum atomic E-state index is 13.3. The lowest BCUT2D eigenvalue weighted by atomic mass is 10.2. The van der Waals surface area contributed by atoms with Gasteiger partial charge in [0.25, 0.3) is 5.91 Å². The maximum absolute atomic E-state index is 13.3. The number of hydrogen-bond acceptors (Lipinski definition) is 5. The highest BCUT2D eigenvalue weighted by Crippen LogP contribution is 2.31. The summed E-state index contributed by atoms with van der Waals surface area (Å²) in [5.41, 5.74) is 3.89. The largest absolute Gasteiger partial charge is 0.497 e. The van der Waals surface area contributed by atoms with Crippen LogP contribution in [-0.2, 0) is 21.4 Å². The van der Waals surface area contributed by atoms with Gasteiger partial charge in [-0.25, -0.2) is 0 Å². The van der Waals surface area contributed by atoms with Gasteiger partial charge in [-0.1, -0.05) is 0 Å². The summed E-state index contributed by atoms with van der Waals surface area (Å²) in [6, 6.07) is 9.00. The van der Waals surface area contributed by atoms with Gasteiger partial charge in [0.05, 0.1) is 19.9 Å². The molecule has 1 saturated heterocycles. The van der Waals surface area contributed by atoms with Crippen molar-refractivity contribution in [2.75, 3.05) is 25.7 Å². The molecule has 8 heteroatoms. The SMILES string of the molecule is COC(=O)CN1C(=S)N(c2ccc(OC)cc2)C(=O)C1=Cc1cc(C)n(C)c1C. The molecule has 1 aromatic heterocycles. The number of nitrogens with zero attached hydrogens (tertiary/aromatic N) is 3. The Kier molecular flexibility index (Phi) is 5.74. The number of benzene rings is 1. The molecule has 2 aromatic rings. The van der Waals surface area contributed by atoms with Crippen molar-refractivity contribution in [1.29, 1.82) is 0 Å². The second kappa shape index (κ2) is 8.08. The third kappa shape index (κ3) is 3.75. The van der Waals surface area contributed by atoms with Crippen LogP contribution in [0.15, 0.2) is 36.0 Å². The van der Waals surface area contributed by atoms with Crippen LogP contribution in [0.1, 0.15) is 17.0 Å². The molecule has 1 aromatic carbocycles. The molecule has 0 unspecified atom stereocenters. The molecule has 1 aliphatic rings. The summed E-state index contributed by atoms with van der Waals surface area (Å²) in [7, 11) is 4.84. The zero-order valence-electron chi connectivity index (χ0n) is 17.1. The van der Waals surface area contributed by atoms with Crippen LogP contribution in [0.2, 0.25) is 0 Å². The molecule has 3 rings (SSSR count). The number of carbonyl (C=O) groups excluding carboxylic acids is 2. The van der Waals surface area contributed by atoms with Gasteiger partial charge >= 0.3 is 5.97 Å². The predicted octanol–water partition coefficient (Wildman–Crippen LogP) is 2.80. The molecule has 0 atom stereocenters. The zero-order valence-corrected chi connectivity index (χ0v) is 17.9. The Bertz CT molecular complexity index is 1010. The molecule has 1 aliphatic heterocycles. The van der Waals surface area contributed by atoms with Gasteiger partial charge in [-0.05, 0) is 68.0 Å². The summed E-state index contributed by atoms with van der Waals surface area (Å²) < 4.78 is 12.0. The Morgan fingerprint density at radius 3 is 2.34 bits per heavy atom. The van der Waals surface area contributed by atoms with E-state index in [1.54, 1.807) is 37.5 Å². The minimum absolute atomic E-state index is 0.148. The van der Waals surface area contributed by atoms with Crippen molar-refractivity contribution in [1.82, 2.24) is 9.47 Å². The monoisotopic (exact) mass is 413 g/mol. The smallest absolute Gasteiger partial charge is 0.325 e. The van der Waals surface area contributed by atoms with Crippen molar-refractivity contribution in [3.05, 3.63) is 53.0 Å². The van der Waals surface area contributed by atoms with Gasteiger partial charge in [-0.2, -0.15) is 0 Å². The molecule has 152 valence electrons. The molecule has 1 amide bonds. The van der Waals surface area contributed by atoms with E-state index < -0.39 is 5.97 Å². The summed E-state index contributed by atoms with van der Waals surface area (Å²) in [6.07, 6.45) is 1.77. The quantitative estimate of drug-likeness (QED) is 0.427. The van der Waals surface area contributed by atoms with Gasteiger partial charge in [0, 0.05) is 18.4 Å². The lowest BCUT2D eigenvalue weighted by Crippen LogP contribution is -2.35. The Hall–Kier alpha value is -3.13. The first-order valence-corrected chi connectivity index (χ1v) is 9.40. The Labute approximate surface area is 175 Å². The van der Waals surface area contributed by atoms with E-state index in [2.05, 4.69) is 0 Å². The number of hydrogen-bond donors (Lipinski definition) is 0. The number of aryl methyl sites for hydroxylation is 1. The number of ether oxygens (including phenoxy) is 2. The van der Waals surface area contributed by atoms with E-state index >= 15 is 0 Å². The molecule has 2 heterocycles. The van der Waals surface area contributed by atoms with Crippen LogP contribution >= 0.6 is 12.2 Å². The molecule has 0 spiro atoms. The molecule has 0 bridgehead atoms. The summed E-state index contributed by atoms with van der Waals surface area (Å²) >= 11 is 5.55.